The highest BCUT2D eigenvalue weighted by Gasteiger charge is 2.28. The maximum atomic E-state index is 12.6. The fourth-order valence-corrected chi connectivity index (χ4v) is 4.17. The zero-order valence-corrected chi connectivity index (χ0v) is 14.2. The van der Waals surface area contributed by atoms with E-state index in [0.29, 0.717) is 29.8 Å². The summed E-state index contributed by atoms with van der Waals surface area (Å²) in [7, 11) is -3.38. The van der Waals surface area contributed by atoms with Gasteiger partial charge in [-0.3, -0.25) is 0 Å². The first kappa shape index (κ1) is 16.7. The van der Waals surface area contributed by atoms with Crippen LogP contribution in [0.3, 0.4) is 0 Å². The van der Waals surface area contributed by atoms with Crippen molar-refractivity contribution in [2.24, 2.45) is 5.92 Å². The lowest BCUT2D eigenvalue weighted by atomic mass is 10.2. The van der Waals surface area contributed by atoms with Crippen LogP contribution in [0.4, 0.5) is 0 Å². The maximum absolute atomic E-state index is 12.6. The van der Waals surface area contributed by atoms with E-state index in [1.54, 1.807) is 28.6 Å². The monoisotopic (exact) mass is 330 g/mol. The molecular formula is C15H23ClN2O2S. The minimum Gasteiger partial charge on any atom is -0.300 e. The number of nitrogens with zero attached hydrogens (tertiary/aromatic N) is 2. The Bertz CT molecular complexity index is 550. The van der Waals surface area contributed by atoms with Crippen LogP contribution in [0.1, 0.15) is 19.4 Å². The number of hydrogen-bond acceptors (Lipinski definition) is 3. The Labute approximate surface area is 132 Å². The van der Waals surface area contributed by atoms with Crippen molar-refractivity contribution in [2.75, 3.05) is 32.7 Å². The third-order valence-electron chi connectivity index (χ3n) is 3.67. The summed E-state index contributed by atoms with van der Waals surface area (Å²) in [6, 6.07) is 6.84. The van der Waals surface area contributed by atoms with Gasteiger partial charge in [-0.05, 0) is 23.6 Å². The SMILES string of the molecule is CC(C)CN1CCN(S(=O)(=O)c2ccc(CCl)cc2)CC1. The molecule has 0 aliphatic carbocycles. The molecule has 1 heterocycles. The van der Waals surface area contributed by atoms with E-state index in [2.05, 4.69) is 18.7 Å². The number of sulfonamides is 1. The predicted molar refractivity (Wildman–Crippen MR) is 86.0 cm³/mol. The van der Waals surface area contributed by atoms with E-state index in [0.717, 1.165) is 25.2 Å². The van der Waals surface area contributed by atoms with Gasteiger partial charge in [-0.15, -0.1) is 11.6 Å². The molecule has 0 amide bonds. The Morgan fingerprint density at radius 1 is 1.10 bits per heavy atom. The van der Waals surface area contributed by atoms with Gasteiger partial charge in [0.25, 0.3) is 0 Å². The Hall–Kier alpha value is -0.620. The maximum Gasteiger partial charge on any atom is 0.243 e. The first-order valence-corrected chi connectivity index (χ1v) is 9.28. The Morgan fingerprint density at radius 2 is 1.67 bits per heavy atom. The standard InChI is InChI=1S/C15H23ClN2O2S/c1-13(2)12-17-7-9-18(10-8-17)21(19,20)15-5-3-14(11-16)4-6-15/h3-6,13H,7-12H2,1-2H3. The van der Waals surface area contributed by atoms with Crippen molar-refractivity contribution in [3.63, 3.8) is 0 Å². The van der Waals surface area contributed by atoms with Crippen LogP contribution in [-0.2, 0) is 15.9 Å². The summed E-state index contributed by atoms with van der Waals surface area (Å²) < 4.78 is 26.8. The van der Waals surface area contributed by atoms with Crippen LogP contribution in [0.2, 0.25) is 0 Å². The number of hydrogen-bond donors (Lipinski definition) is 0. The van der Waals surface area contributed by atoms with Gasteiger partial charge in [-0.1, -0.05) is 26.0 Å². The fourth-order valence-electron chi connectivity index (χ4n) is 2.57. The number of alkyl halides is 1. The minimum atomic E-state index is -3.38. The van der Waals surface area contributed by atoms with Crippen LogP contribution < -0.4 is 0 Å². The van der Waals surface area contributed by atoms with Crippen LogP contribution in [0.25, 0.3) is 0 Å². The summed E-state index contributed by atoms with van der Waals surface area (Å²) in [4.78, 5) is 2.68. The van der Waals surface area contributed by atoms with Gasteiger partial charge in [0.1, 0.15) is 0 Å². The van der Waals surface area contributed by atoms with E-state index < -0.39 is 10.0 Å². The molecule has 0 aromatic heterocycles. The third kappa shape index (κ3) is 4.19. The molecule has 0 N–H and O–H groups in total. The lowest BCUT2D eigenvalue weighted by Crippen LogP contribution is -2.49. The molecular weight excluding hydrogens is 308 g/mol. The molecule has 1 aromatic carbocycles. The molecule has 0 bridgehead atoms. The van der Waals surface area contributed by atoms with Crippen LogP contribution in [-0.4, -0.2) is 50.3 Å². The highest BCUT2D eigenvalue weighted by Crippen LogP contribution is 2.19. The van der Waals surface area contributed by atoms with Gasteiger partial charge in [0.15, 0.2) is 0 Å². The van der Waals surface area contributed by atoms with Crippen molar-refractivity contribution < 1.29 is 8.42 Å². The molecule has 1 aliphatic rings. The van der Waals surface area contributed by atoms with Gasteiger partial charge in [0, 0.05) is 38.6 Å². The Kier molecular flexibility index (Phi) is 5.66. The van der Waals surface area contributed by atoms with Gasteiger partial charge < -0.3 is 4.90 Å². The van der Waals surface area contributed by atoms with Crippen LogP contribution in [0.15, 0.2) is 29.2 Å². The van der Waals surface area contributed by atoms with Gasteiger partial charge in [-0.2, -0.15) is 4.31 Å². The molecule has 21 heavy (non-hydrogen) atoms. The molecule has 4 nitrogen and oxygen atoms in total. The molecule has 1 aromatic rings. The number of halogens is 1. The molecule has 0 atom stereocenters. The second-order valence-electron chi connectivity index (χ2n) is 5.88. The van der Waals surface area contributed by atoms with Gasteiger partial charge in [-0.25, -0.2) is 8.42 Å². The third-order valence-corrected chi connectivity index (χ3v) is 5.89. The summed E-state index contributed by atoms with van der Waals surface area (Å²) in [5.41, 5.74) is 0.928. The molecule has 2 rings (SSSR count). The van der Waals surface area contributed by atoms with Gasteiger partial charge in [0.05, 0.1) is 4.90 Å². The zero-order valence-electron chi connectivity index (χ0n) is 12.6. The molecule has 0 radical (unpaired) electrons. The molecule has 0 spiro atoms. The van der Waals surface area contributed by atoms with Crippen molar-refractivity contribution >= 4 is 21.6 Å². The smallest absolute Gasteiger partial charge is 0.243 e. The number of piperazine rings is 1. The number of benzene rings is 1. The highest BCUT2D eigenvalue weighted by atomic mass is 35.5. The predicted octanol–water partition coefficient (Wildman–Crippen LogP) is 2.39. The molecule has 1 fully saturated rings. The topological polar surface area (TPSA) is 40.6 Å². The zero-order chi connectivity index (χ0) is 15.5. The van der Waals surface area contributed by atoms with Gasteiger partial charge in [0.2, 0.25) is 10.0 Å². The lowest BCUT2D eigenvalue weighted by molar-refractivity contribution is 0.172. The Morgan fingerprint density at radius 3 is 2.14 bits per heavy atom. The van der Waals surface area contributed by atoms with Crippen molar-refractivity contribution in [1.82, 2.24) is 9.21 Å². The summed E-state index contributed by atoms with van der Waals surface area (Å²) in [5.74, 6) is 1.00. The second kappa shape index (κ2) is 7.09. The lowest BCUT2D eigenvalue weighted by Gasteiger charge is -2.34. The quantitative estimate of drug-likeness (QED) is 0.778. The normalized spacial score (nSPS) is 18.3. The van der Waals surface area contributed by atoms with Crippen LogP contribution in [0.5, 0.6) is 0 Å². The molecule has 118 valence electrons. The van der Waals surface area contributed by atoms with Crippen molar-refractivity contribution in [3.8, 4) is 0 Å². The van der Waals surface area contributed by atoms with Crippen molar-refractivity contribution in [3.05, 3.63) is 29.8 Å². The Balaban J connectivity index is 2.03. The van der Waals surface area contributed by atoms with E-state index in [9.17, 15) is 8.42 Å². The molecule has 0 unspecified atom stereocenters. The van der Waals surface area contributed by atoms with Crippen molar-refractivity contribution in [2.45, 2.75) is 24.6 Å². The summed E-state index contributed by atoms with van der Waals surface area (Å²) >= 11 is 5.73. The first-order chi connectivity index (χ1) is 9.93. The van der Waals surface area contributed by atoms with Crippen LogP contribution in [0, 0.1) is 5.92 Å². The summed E-state index contributed by atoms with van der Waals surface area (Å²) in [5, 5.41) is 0. The molecule has 0 saturated carbocycles. The summed E-state index contributed by atoms with van der Waals surface area (Å²) in [6.45, 7) is 8.12. The van der Waals surface area contributed by atoms with Crippen molar-refractivity contribution in [1.29, 1.82) is 0 Å². The first-order valence-electron chi connectivity index (χ1n) is 7.31. The fraction of sp³-hybridized carbons (Fsp3) is 0.600. The number of rotatable bonds is 5. The van der Waals surface area contributed by atoms with E-state index >= 15 is 0 Å². The minimum absolute atomic E-state index is 0.355. The van der Waals surface area contributed by atoms with E-state index in [-0.39, 0.29) is 0 Å². The molecule has 1 aliphatic heterocycles. The molecule has 1 saturated heterocycles. The second-order valence-corrected chi connectivity index (χ2v) is 8.08. The highest BCUT2D eigenvalue weighted by molar-refractivity contribution is 7.89. The van der Waals surface area contributed by atoms with Gasteiger partial charge >= 0.3 is 0 Å². The van der Waals surface area contributed by atoms with E-state index in [1.165, 1.54) is 0 Å². The van der Waals surface area contributed by atoms with E-state index in [1.807, 2.05) is 0 Å². The average molecular weight is 331 g/mol. The van der Waals surface area contributed by atoms with Crippen LogP contribution >= 0.6 is 11.6 Å². The largest absolute Gasteiger partial charge is 0.300 e. The molecule has 6 heteroatoms. The average Bonchev–Trinajstić information content (AvgIpc) is 2.47. The van der Waals surface area contributed by atoms with E-state index in [4.69, 9.17) is 11.6 Å². The summed E-state index contributed by atoms with van der Waals surface area (Å²) in [6.07, 6.45) is 0.